The van der Waals surface area contributed by atoms with Gasteiger partial charge in [0.2, 0.25) is 5.95 Å². The second-order valence-corrected chi connectivity index (χ2v) is 3.93. The van der Waals surface area contributed by atoms with Gasteiger partial charge in [0, 0.05) is 18.8 Å². The van der Waals surface area contributed by atoms with Crippen LogP contribution >= 0.6 is 0 Å². The van der Waals surface area contributed by atoms with Gasteiger partial charge < -0.3 is 16.4 Å². The maximum absolute atomic E-state index is 5.64. The van der Waals surface area contributed by atoms with E-state index >= 15 is 0 Å². The number of aromatic nitrogens is 2. The monoisotopic (exact) mass is 243 g/mol. The molecule has 5 nitrogen and oxygen atoms in total. The molecule has 0 radical (unpaired) electrons. The fraction of sp³-hybridized carbons (Fsp3) is 0.231. The van der Waals surface area contributed by atoms with Gasteiger partial charge in [0.15, 0.2) is 0 Å². The van der Waals surface area contributed by atoms with Crippen LogP contribution in [0.5, 0.6) is 0 Å². The molecule has 0 amide bonds. The topological polar surface area (TPSA) is 75.9 Å². The van der Waals surface area contributed by atoms with Crippen molar-refractivity contribution in [1.82, 2.24) is 9.97 Å². The van der Waals surface area contributed by atoms with E-state index in [1.165, 1.54) is 5.56 Å². The number of anilines is 4. The predicted molar refractivity (Wildman–Crippen MR) is 75.1 cm³/mol. The summed E-state index contributed by atoms with van der Waals surface area (Å²) in [4.78, 5) is 8.19. The van der Waals surface area contributed by atoms with Crippen molar-refractivity contribution in [1.29, 1.82) is 0 Å². The molecule has 1 aromatic heterocycles. The number of benzene rings is 1. The second-order valence-electron chi connectivity index (χ2n) is 3.93. The van der Waals surface area contributed by atoms with E-state index in [1.54, 1.807) is 7.05 Å². The molecule has 0 aliphatic carbocycles. The van der Waals surface area contributed by atoms with E-state index in [-0.39, 0.29) is 5.95 Å². The average molecular weight is 243 g/mol. The molecule has 1 aromatic carbocycles. The summed E-state index contributed by atoms with van der Waals surface area (Å²) >= 11 is 0. The summed E-state index contributed by atoms with van der Waals surface area (Å²) in [5.41, 5.74) is 7.91. The highest BCUT2D eigenvalue weighted by Gasteiger charge is 2.02. The lowest BCUT2D eigenvalue weighted by molar-refractivity contribution is 1.14. The first-order valence-corrected chi connectivity index (χ1v) is 5.89. The van der Waals surface area contributed by atoms with Crippen molar-refractivity contribution in [2.75, 3.05) is 23.4 Å². The molecular formula is C13H17N5. The molecule has 0 spiro atoms. The highest BCUT2D eigenvalue weighted by molar-refractivity contribution is 5.61. The van der Waals surface area contributed by atoms with E-state index in [0.717, 1.165) is 12.1 Å². The number of nitrogen functional groups attached to an aromatic ring is 1. The van der Waals surface area contributed by atoms with Gasteiger partial charge in [-0.15, -0.1) is 0 Å². The van der Waals surface area contributed by atoms with Crippen molar-refractivity contribution >= 4 is 23.3 Å². The van der Waals surface area contributed by atoms with Crippen LogP contribution in [0, 0.1) is 0 Å². The zero-order chi connectivity index (χ0) is 13.0. The Labute approximate surface area is 106 Å². The lowest BCUT2D eigenvalue weighted by Crippen LogP contribution is -2.03. The first-order valence-electron chi connectivity index (χ1n) is 5.89. The number of nitrogens with one attached hydrogen (secondary N) is 2. The van der Waals surface area contributed by atoms with Crippen molar-refractivity contribution in [2.45, 2.75) is 13.3 Å². The summed E-state index contributed by atoms with van der Waals surface area (Å²) in [6.45, 7) is 2.13. The molecule has 0 saturated heterocycles. The number of nitrogens with zero attached hydrogens (tertiary/aromatic N) is 2. The number of rotatable bonds is 4. The fourth-order valence-electron chi connectivity index (χ4n) is 1.67. The molecule has 18 heavy (non-hydrogen) atoms. The minimum Gasteiger partial charge on any atom is -0.373 e. The summed E-state index contributed by atoms with van der Waals surface area (Å²) < 4.78 is 0. The molecule has 0 aliphatic heterocycles. The predicted octanol–water partition coefficient (Wildman–Crippen LogP) is 2.41. The van der Waals surface area contributed by atoms with Crippen LogP contribution in [0.2, 0.25) is 0 Å². The Morgan fingerprint density at radius 2 is 1.94 bits per heavy atom. The fourth-order valence-corrected chi connectivity index (χ4v) is 1.67. The molecule has 0 unspecified atom stereocenters. The van der Waals surface area contributed by atoms with E-state index in [2.05, 4.69) is 39.7 Å². The van der Waals surface area contributed by atoms with Crippen molar-refractivity contribution < 1.29 is 0 Å². The normalized spacial score (nSPS) is 10.1. The van der Waals surface area contributed by atoms with Crippen molar-refractivity contribution in [3.05, 3.63) is 35.9 Å². The van der Waals surface area contributed by atoms with E-state index in [9.17, 15) is 0 Å². The van der Waals surface area contributed by atoms with E-state index < -0.39 is 0 Å². The van der Waals surface area contributed by atoms with Crippen LogP contribution in [0.1, 0.15) is 12.5 Å². The average Bonchev–Trinajstić information content (AvgIpc) is 2.38. The van der Waals surface area contributed by atoms with Crippen molar-refractivity contribution in [2.24, 2.45) is 0 Å². The Bertz CT molecular complexity index is 539. The standard InChI is InChI=1S/C13H17N5/c1-3-9-5-4-6-10(7-9)16-12-8-11(15-2)17-13(14)18-12/h4-8H,3H2,1-2H3,(H4,14,15,16,17,18). The van der Waals surface area contributed by atoms with Crippen LogP contribution in [0.25, 0.3) is 0 Å². The lowest BCUT2D eigenvalue weighted by Gasteiger charge is -2.09. The third-order valence-electron chi connectivity index (χ3n) is 2.61. The smallest absolute Gasteiger partial charge is 0.223 e. The van der Waals surface area contributed by atoms with Gasteiger partial charge in [-0.05, 0) is 24.1 Å². The summed E-state index contributed by atoms with van der Waals surface area (Å²) in [5.74, 6) is 1.62. The number of aryl methyl sites for hydroxylation is 1. The van der Waals surface area contributed by atoms with E-state index in [0.29, 0.717) is 11.6 Å². The highest BCUT2D eigenvalue weighted by Crippen LogP contribution is 2.19. The first-order chi connectivity index (χ1) is 8.71. The Morgan fingerprint density at radius 1 is 1.17 bits per heavy atom. The van der Waals surface area contributed by atoms with Gasteiger partial charge in [-0.25, -0.2) is 0 Å². The maximum Gasteiger partial charge on any atom is 0.223 e. The molecule has 5 heteroatoms. The molecule has 0 saturated carbocycles. The van der Waals surface area contributed by atoms with Gasteiger partial charge in [0.25, 0.3) is 0 Å². The quantitative estimate of drug-likeness (QED) is 0.768. The molecular weight excluding hydrogens is 226 g/mol. The van der Waals surface area contributed by atoms with Gasteiger partial charge >= 0.3 is 0 Å². The minimum atomic E-state index is 0.246. The molecule has 2 rings (SSSR count). The molecule has 94 valence electrons. The van der Waals surface area contributed by atoms with Gasteiger partial charge in [0.1, 0.15) is 11.6 Å². The molecule has 0 atom stereocenters. The molecule has 1 heterocycles. The zero-order valence-corrected chi connectivity index (χ0v) is 10.6. The molecule has 0 aliphatic rings. The van der Waals surface area contributed by atoms with Crippen LogP contribution in [-0.4, -0.2) is 17.0 Å². The molecule has 0 fully saturated rings. The number of hydrogen-bond donors (Lipinski definition) is 3. The third kappa shape index (κ3) is 2.88. The van der Waals surface area contributed by atoms with Gasteiger partial charge in [-0.1, -0.05) is 19.1 Å². The lowest BCUT2D eigenvalue weighted by atomic mass is 10.1. The number of hydrogen-bond acceptors (Lipinski definition) is 5. The van der Waals surface area contributed by atoms with E-state index in [4.69, 9.17) is 5.73 Å². The molecule has 2 aromatic rings. The second kappa shape index (κ2) is 5.35. The summed E-state index contributed by atoms with van der Waals surface area (Å²) in [5, 5.41) is 6.17. The van der Waals surface area contributed by atoms with E-state index in [1.807, 2.05) is 18.2 Å². The minimum absolute atomic E-state index is 0.246. The zero-order valence-electron chi connectivity index (χ0n) is 10.6. The third-order valence-corrected chi connectivity index (χ3v) is 2.61. The largest absolute Gasteiger partial charge is 0.373 e. The van der Waals surface area contributed by atoms with Gasteiger partial charge in [-0.2, -0.15) is 9.97 Å². The van der Waals surface area contributed by atoms with Gasteiger partial charge in [-0.3, -0.25) is 0 Å². The van der Waals surface area contributed by atoms with Crippen LogP contribution in [0.4, 0.5) is 23.3 Å². The molecule has 4 N–H and O–H groups in total. The summed E-state index contributed by atoms with van der Waals surface area (Å²) in [6, 6.07) is 10.0. The Morgan fingerprint density at radius 3 is 2.67 bits per heavy atom. The number of nitrogens with two attached hydrogens (primary N) is 1. The Kier molecular flexibility index (Phi) is 3.62. The SMILES string of the molecule is CCc1cccc(Nc2cc(NC)nc(N)n2)c1. The maximum atomic E-state index is 5.64. The van der Waals surface area contributed by atoms with Crippen molar-refractivity contribution in [3.8, 4) is 0 Å². The first kappa shape index (κ1) is 12.2. The molecule has 0 bridgehead atoms. The Hall–Kier alpha value is -2.30. The summed E-state index contributed by atoms with van der Waals surface area (Å²) in [7, 11) is 1.79. The van der Waals surface area contributed by atoms with Crippen molar-refractivity contribution in [3.63, 3.8) is 0 Å². The van der Waals surface area contributed by atoms with Crippen LogP contribution in [0.15, 0.2) is 30.3 Å². The van der Waals surface area contributed by atoms with Crippen LogP contribution < -0.4 is 16.4 Å². The van der Waals surface area contributed by atoms with Crippen LogP contribution in [0.3, 0.4) is 0 Å². The summed E-state index contributed by atoms with van der Waals surface area (Å²) in [6.07, 6.45) is 1.00. The highest BCUT2D eigenvalue weighted by atomic mass is 15.1. The van der Waals surface area contributed by atoms with Gasteiger partial charge in [0.05, 0.1) is 0 Å². The van der Waals surface area contributed by atoms with Crippen LogP contribution in [-0.2, 0) is 6.42 Å². The Balaban J connectivity index is 2.24.